The Morgan fingerprint density at radius 3 is 2.53 bits per heavy atom. The van der Waals surface area contributed by atoms with E-state index < -0.39 is 0 Å². The molecule has 1 atom stereocenters. The van der Waals surface area contributed by atoms with Gasteiger partial charge >= 0.3 is 0 Å². The number of aliphatic hydroxyl groups is 1. The highest BCUT2D eigenvalue weighted by atomic mass is 16.3. The van der Waals surface area contributed by atoms with Gasteiger partial charge in [-0.05, 0) is 11.8 Å². The third-order valence-corrected chi connectivity index (χ3v) is 2.33. The van der Waals surface area contributed by atoms with Crippen molar-refractivity contribution in [2.45, 2.75) is 46.8 Å². The van der Waals surface area contributed by atoms with E-state index in [0.717, 1.165) is 12.2 Å². The van der Waals surface area contributed by atoms with Gasteiger partial charge in [0.1, 0.15) is 0 Å². The smallest absolute Gasteiger partial charge is 0.0852 e. The van der Waals surface area contributed by atoms with Crippen LogP contribution in [0, 0.1) is 11.8 Å². The Bertz CT molecular complexity index is 294. The SMILES string of the molecule is CC(C)Cn1cc(CC(O)C(C)C)nn1. The predicted molar refractivity (Wildman–Crippen MR) is 59.4 cm³/mol. The van der Waals surface area contributed by atoms with Gasteiger partial charge in [-0.15, -0.1) is 5.10 Å². The summed E-state index contributed by atoms with van der Waals surface area (Å²) in [6.07, 6.45) is 2.19. The second-order valence-corrected chi connectivity index (χ2v) is 4.84. The molecule has 1 heterocycles. The number of hydrogen-bond donors (Lipinski definition) is 1. The third kappa shape index (κ3) is 4.00. The molecule has 0 fully saturated rings. The van der Waals surface area contributed by atoms with Crippen LogP contribution in [-0.2, 0) is 13.0 Å². The molecule has 0 aliphatic heterocycles. The summed E-state index contributed by atoms with van der Waals surface area (Å²) in [5.74, 6) is 0.829. The van der Waals surface area contributed by atoms with E-state index >= 15 is 0 Å². The molecule has 1 rings (SSSR count). The highest BCUT2D eigenvalue weighted by molar-refractivity contribution is 4.95. The molecular formula is C11H21N3O. The summed E-state index contributed by atoms with van der Waals surface area (Å²) >= 11 is 0. The number of rotatable bonds is 5. The molecule has 4 heteroatoms. The molecular weight excluding hydrogens is 190 g/mol. The predicted octanol–water partition coefficient (Wildman–Crippen LogP) is 1.49. The van der Waals surface area contributed by atoms with Crippen molar-refractivity contribution >= 4 is 0 Å². The second-order valence-electron chi connectivity index (χ2n) is 4.84. The van der Waals surface area contributed by atoms with E-state index in [0.29, 0.717) is 12.3 Å². The highest BCUT2D eigenvalue weighted by Gasteiger charge is 2.12. The molecule has 0 bridgehead atoms. The molecule has 0 aliphatic carbocycles. The molecule has 1 aromatic rings. The topological polar surface area (TPSA) is 50.9 Å². The molecule has 0 aliphatic rings. The lowest BCUT2D eigenvalue weighted by atomic mass is 10.0. The monoisotopic (exact) mass is 211 g/mol. The highest BCUT2D eigenvalue weighted by Crippen LogP contribution is 2.08. The minimum atomic E-state index is -0.325. The van der Waals surface area contributed by atoms with Gasteiger partial charge in [0.05, 0.1) is 11.8 Å². The van der Waals surface area contributed by atoms with Crippen LogP contribution in [0.3, 0.4) is 0 Å². The average Bonchev–Trinajstić information content (AvgIpc) is 2.51. The van der Waals surface area contributed by atoms with Crippen LogP contribution in [0.1, 0.15) is 33.4 Å². The Labute approximate surface area is 91.3 Å². The number of hydrogen-bond acceptors (Lipinski definition) is 3. The third-order valence-electron chi connectivity index (χ3n) is 2.33. The standard InChI is InChI=1S/C11H21N3O/c1-8(2)6-14-7-10(12-13-14)5-11(15)9(3)4/h7-9,11,15H,5-6H2,1-4H3. The van der Waals surface area contributed by atoms with Crippen LogP contribution in [0.5, 0.6) is 0 Å². The van der Waals surface area contributed by atoms with Gasteiger partial charge in [0.15, 0.2) is 0 Å². The lowest BCUT2D eigenvalue weighted by Gasteiger charge is -2.11. The molecule has 0 aromatic carbocycles. The van der Waals surface area contributed by atoms with Crippen LogP contribution in [0.2, 0.25) is 0 Å². The van der Waals surface area contributed by atoms with Gasteiger partial charge in [0.25, 0.3) is 0 Å². The van der Waals surface area contributed by atoms with Crippen LogP contribution in [-0.4, -0.2) is 26.2 Å². The van der Waals surface area contributed by atoms with Crippen molar-refractivity contribution in [2.24, 2.45) is 11.8 Å². The van der Waals surface area contributed by atoms with Crippen molar-refractivity contribution in [1.29, 1.82) is 0 Å². The zero-order valence-electron chi connectivity index (χ0n) is 10.0. The van der Waals surface area contributed by atoms with Crippen LogP contribution in [0.25, 0.3) is 0 Å². The minimum absolute atomic E-state index is 0.264. The lowest BCUT2D eigenvalue weighted by Crippen LogP contribution is -2.17. The molecule has 1 aromatic heterocycles. The maximum Gasteiger partial charge on any atom is 0.0852 e. The fourth-order valence-corrected chi connectivity index (χ4v) is 1.35. The number of aromatic nitrogens is 3. The van der Waals surface area contributed by atoms with Crippen molar-refractivity contribution in [1.82, 2.24) is 15.0 Å². The maximum absolute atomic E-state index is 9.69. The Balaban J connectivity index is 2.53. The van der Waals surface area contributed by atoms with Crippen molar-refractivity contribution in [3.05, 3.63) is 11.9 Å². The summed E-state index contributed by atoms with van der Waals surface area (Å²) in [4.78, 5) is 0. The van der Waals surface area contributed by atoms with E-state index in [4.69, 9.17) is 0 Å². The molecule has 1 unspecified atom stereocenters. The van der Waals surface area contributed by atoms with E-state index in [-0.39, 0.29) is 12.0 Å². The Morgan fingerprint density at radius 1 is 1.33 bits per heavy atom. The van der Waals surface area contributed by atoms with Gasteiger partial charge in [0.2, 0.25) is 0 Å². The van der Waals surface area contributed by atoms with E-state index in [1.807, 2.05) is 24.7 Å². The molecule has 0 saturated heterocycles. The molecule has 4 nitrogen and oxygen atoms in total. The summed E-state index contributed by atoms with van der Waals surface area (Å²) in [7, 11) is 0. The minimum Gasteiger partial charge on any atom is -0.392 e. The van der Waals surface area contributed by atoms with Gasteiger partial charge in [0, 0.05) is 19.2 Å². The normalized spacial score (nSPS) is 13.8. The molecule has 0 spiro atoms. The molecule has 0 radical (unpaired) electrons. The first-order chi connectivity index (χ1) is 6.99. The largest absolute Gasteiger partial charge is 0.392 e. The van der Waals surface area contributed by atoms with Gasteiger partial charge in [-0.25, -0.2) is 0 Å². The average molecular weight is 211 g/mol. The Hall–Kier alpha value is -0.900. The first-order valence-electron chi connectivity index (χ1n) is 5.56. The summed E-state index contributed by atoms with van der Waals surface area (Å²) in [5, 5.41) is 17.8. The van der Waals surface area contributed by atoms with E-state index in [1.54, 1.807) is 0 Å². The molecule has 1 N–H and O–H groups in total. The van der Waals surface area contributed by atoms with Crippen LogP contribution in [0.15, 0.2) is 6.20 Å². The van der Waals surface area contributed by atoms with Gasteiger partial charge in [-0.1, -0.05) is 32.9 Å². The Kier molecular flexibility index (Phi) is 4.27. The van der Waals surface area contributed by atoms with Crippen molar-refractivity contribution in [2.75, 3.05) is 0 Å². The van der Waals surface area contributed by atoms with Crippen molar-refractivity contribution in [3.8, 4) is 0 Å². The van der Waals surface area contributed by atoms with Crippen molar-refractivity contribution < 1.29 is 5.11 Å². The van der Waals surface area contributed by atoms with Crippen LogP contribution < -0.4 is 0 Å². The summed E-state index contributed by atoms with van der Waals surface area (Å²) < 4.78 is 1.84. The van der Waals surface area contributed by atoms with E-state index in [1.165, 1.54) is 0 Å². The summed E-state index contributed by atoms with van der Waals surface area (Å²) in [5.41, 5.74) is 0.872. The molecule has 0 amide bonds. The van der Waals surface area contributed by atoms with Gasteiger partial charge in [-0.3, -0.25) is 4.68 Å². The quantitative estimate of drug-likeness (QED) is 0.803. The summed E-state index contributed by atoms with van der Waals surface area (Å²) in [6, 6.07) is 0. The summed E-state index contributed by atoms with van der Waals surface area (Å²) in [6.45, 7) is 9.17. The van der Waals surface area contributed by atoms with Crippen LogP contribution in [0.4, 0.5) is 0 Å². The van der Waals surface area contributed by atoms with Gasteiger partial charge < -0.3 is 5.11 Å². The first kappa shape index (κ1) is 12.2. The fraction of sp³-hybridized carbons (Fsp3) is 0.818. The van der Waals surface area contributed by atoms with Crippen LogP contribution >= 0.6 is 0 Å². The zero-order chi connectivity index (χ0) is 11.4. The van der Waals surface area contributed by atoms with E-state index in [2.05, 4.69) is 24.2 Å². The number of nitrogens with zero attached hydrogens (tertiary/aromatic N) is 3. The second kappa shape index (κ2) is 5.26. The zero-order valence-corrected chi connectivity index (χ0v) is 10.0. The number of aliphatic hydroxyl groups excluding tert-OH is 1. The fourth-order valence-electron chi connectivity index (χ4n) is 1.35. The first-order valence-corrected chi connectivity index (χ1v) is 5.56. The Morgan fingerprint density at radius 2 is 2.00 bits per heavy atom. The molecule has 86 valence electrons. The maximum atomic E-state index is 9.69. The molecule has 15 heavy (non-hydrogen) atoms. The van der Waals surface area contributed by atoms with Crippen molar-refractivity contribution in [3.63, 3.8) is 0 Å². The lowest BCUT2D eigenvalue weighted by molar-refractivity contribution is 0.124. The van der Waals surface area contributed by atoms with Gasteiger partial charge in [-0.2, -0.15) is 0 Å². The van der Waals surface area contributed by atoms with E-state index in [9.17, 15) is 5.11 Å². The molecule has 0 saturated carbocycles.